The summed E-state index contributed by atoms with van der Waals surface area (Å²) in [7, 11) is 1.78. The zero-order valence-corrected chi connectivity index (χ0v) is 14.4. The van der Waals surface area contributed by atoms with Gasteiger partial charge >= 0.3 is 6.18 Å². The van der Waals surface area contributed by atoms with Crippen molar-refractivity contribution in [2.75, 3.05) is 39.9 Å². The van der Waals surface area contributed by atoms with Gasteiger partial charge in [0.25, 0.3) is 0 Å². The molecule has 1 aliphatic carbocycles. The normalized spacial score (nSPS) is 35.0. The lowest BCUT2D eigenvalue weighted by atomic mass is 9.81. The van der Waals surface area contributed by atoms with Crippen LogP contribution in [0.1, 0.15) is 38.5 Å². The minimum atomic E-state index is -4.03. The number of alkyl halides is 3. The third-order valence-electron chi connectivity index (χ3n) is 5.99. The van der Waals surface area contributed by atoms with Gasteiger partial charge in [0.2, 0.25) is 0 Å². The van der Waals surface area contributed by atoms with Crippen molar-refractivity contribution in [1.29, 1.82) is 0 Å². The second-order valence-electron chi connectivity index (χ2n) is 7.66. The lowest BCUT2D eigenvalue weighted by Crippen LogP contribution is -2.43. The topological polar surface area (TPSA) is 36.9 Å². The number of guanidine groups is 1. The molecule has 1 saturated carbocycles. The molecule has 0 radical (unpaired) electrons. The van der Waals surface area contributed by atoms with Crippen molar-refractivity contribution < 1.29 is 17.9 Å². The highest BCUT2D eigenvalue weighted by atomic mass is 19.4. The average Bonchev–Trinajstić information content (AvgIpc) is 3.18. The van der Waals surface area contributed by atoms with Gasteiger partial charge < -0.3 is 15.0 Å². The van der Waals surface area contributed by atoms with Crippen LogP contribution in [0.2, 0.25) is 0 Å². The van der Waals surface area contributed by atoms with Crippen LogP contribution in [0.4, 0.5) is 13.2 Å². The van der Waals surface area contributed by atoms with Gasteiger partial charge in [0.1, 0.15) is 0 Å². The largest absolute Gasteiger partial charge is 0.391 e. The number of likely N-dealkylation sites (tertiary alicyclic amines) is 1. The van der Waals surface area contributed by atoms with Gasteiger partial charge in [0.05, 0.1) is 12.5 Å². The summed E-state index contributed by atoms with van der Waals surface area (Å²) in [6.07, 6.45) is 0.0309. The predicted octanol–water partition coefficient (Wildman–Crippen LogP) is 3.04. The first-order valence-corrected chi connectivity index (χ1v) is 9.02. The van der Waals surface area contributed by atoms with E-state index in [9.17, 15) is 13.2 Å². The molecule has 4 nitrogen and oxygen atoms in total. The van der Waals surface area contributed by atoms with Gasteiger partial charge in [-0.2, -0.15) is 13.2 Å². The molecule has 1 atom stereocenters. The highest BCUT2D eigenvalue weighted by molar-refractivity contribution is 5.80. The van der Waals surface area contributed by atoms with Crippen molar-refractivity contribution in [3.8, 4) is 0 Å². The molecule has 3 fully saturated rings. The summed E-state index contributed by atoms with van der Waals surface area (Å²) in [4.78, 5) is 6.65. The average molecular weight is 347 g/mol. The number of rotatable bonds is 2. The molecule has 2 aliphatic heterocycles. The van der Waals surface area contributed by atoms with Gasteiger partial charge in [-0.1, -0.05) is 0 Å². The van der Waals surface area contributed by atoms with Crippen LogP contribution in [-0.2, 0) is 4.74 Å². The standard InChI is InChI=1S/C17H28F3N3O/c1-21-15(23-8-6-16(11-23)7-9-24-12-16)22-10-13-2-4-14(5-3-13)17(18,19)20/h13-14H,2-12H2,1H3,(H,21,22). The molecule has 3 aliphatic rings. The Bertz CT molecular complexity index is 452. The van der Waals surface area contributed by atoms with E-state index in [1.807, 2.05) is 0 Å². The quantitative estimate of drug-likeness (QED) is 0.616. The van der Waals surface area contributed by atoms with Crippen LogP contribution in [0.15, 0.2) is 4.99 Å². The number of hydrogen-bond donors (Lipinski definition) is 1. The second kappa shape index (κ2) is 7.10. The van der Waals surface area contributed by atoms with Crippen molar-refractivity contribution in [3.05, 3.63) is 0 Å². The first kappa shape index (κ1) is 17.8. The van der Waals surface area contributed by atoms with Crippen LogP contribution in [0.25, 0.3) is 0 Å². The highest BCUT2D eigenvalue weighted by Gasteiger charge is 2.43. The fourth-order valence-corrected chi connectivity index (χ4v) is 4.35. The number of hydrogen-bond acceptors (Lipinski definition) is 2. The SMILES string of the molecule is CN=C(NCC1CCC(C(F)(F)F)CC1)N1CCC2(CCOC2)C1. The summed E-state index contributed by atoms with van der Waals surface area (Å²) >= 11 is 0. The minimum Gasteiger partial charge on any atom is -0.381 e. The molecule has 0 bridgehead atoms. The van der Waals surface area contributed by atoms with E-state index in [2.05, 4.69) is 15.2 Å². The Labute approximate surface area is 141 Å². The van der Waals surface area contributed by atoms with Crippen molar-refractivity contribution in [3.63, 3.8) is 0 Å². The van der Waals surface area contributed by atoms with E-state index in [1.54, 1.807) is 7.05 Å². The van der Waals surface area contributed by atoms with Crippen molar-refractivity contribution in [2.24, 2.45) is 22.2 Å². The van der Waals surface area contributed by atoms with Gasteiger partial charge in [0.15, 0.2) is 5.96 Å². The molecule has 0 aromatic rings. The van der Waals surface area contributed by atoms with Crippen LogP contribution in [0.3, 0.4) is 0 Å². The molecule has 0 aromatic heterocycles. The lowest BCUT2D eigenvalue weighted by molar-refractivity contribution is -0.183. The Hall–Kier alpha value is -0.980. The summed E-state index contributed by atoms with van der Waals surface area (Å²) in [6, 6.07) is 0. The summed E-state index contributed by atoms with van der Waals surface area (Å²) in [6.45, 7) is 4.35. The van der Waals surface area contributed by atoms with E-state index in [-0.39, 0.29) is 18.3 Å². The highest BCUT2D eigenvalue weighted by Crippen LogP contribution is 2.40. The maximum Gasteiger partial charge on any atom is 0.391 e. The van der Waals surface area contributed by atoms with Crippen molar-refractivity contribution >= 4 is 5.96 Å². The summed E-state index contributed by atoms with van der Waals surface area (Å²) in [5, 5.41) is 3.39. The molecule has 1 spiro atoms. The fourth-order valence-electron chi connectivity index (χ4n) is 4.35. The maximum atomic E-state index is 12.7. The van der Waals surface area contributed by atoms with Gasteiger partial charge in [-0.25, -0.2) is 0 Å². The summed E-state index contributed by atoms with van der Waals surface area (Å²) in [5.74, 6) is 0.0947. The van der Waals surface area contributed by atoms with Crippen LogP contribution >= 0.6 is 0 Å². The van der Waals surface area contributed by atoms with Crippen molar-refractivity contribution in [1.82, 2.24) is 10.2 Å². The molecule has 1 unspecified atom stereocenters. The van der Waals surface area contributed by atoms with Crippen LogP contribution in [-0.4, -0.2) is 56.9 Å². The Kier molecular flexibility index (Phi) is 5.27. The van der Waals surface area contributed by atoms with E-state index < -0.39 is 12.1 Å². The van der Waals surface area contributed by atoms with E-state index in [1.165, 1.54) is 0 Å². The van der Waals surface area contributed by atoms with E-state index in [4.69, 9.17) is 4.74 Å². The van der Waals surface area contributed by atoms with E-state index in [0.29, 0.717) is 18.8 Å². The van der Waals surface area contributed by atoms with Gasteiger partial charge in [-0.05, 0) is 44.4 Å². The fraction of sp³-hybridized carbons (Fsp3) is 0.941. The van der Waals surface area contributed by atoms with Gasteiger partial charge in [-0.3, -0.25) is 4.99 Å². The van der Waals surface area contributed by atoms with E-state index in [0.717, 1.165) is 51.6 Å². The molecule has 1 N–H and O–H groups in total. The zero-order valence-electron chi connectivity index (χ0n) is 14.4. The van der Waals surface area contributed by atoms with E-state index >= 15 is 0 Å². The molecule has 0 aromatic carbocycles. The molecule has 138 valence electrons. The summed E-state index contributed by atoms with van der Waals surface area (Å²) in [5.41, 5.74) is 0.280. The molecule has 3 rings (SSSR count). The second-order valence-corrected chi connectivity index (χ2v) is 7.66. The lowest BCUT2D eigenvalue weighted by Gasteiger charge is -2.31. The van der Waals surface area contributed by atoms with Gasteiger partial charge in [0, 0.05) is 38.7 Å². The zero-order chi connectivity index (χ0) is 17.2. The first-order valence-electron chi connectivity index (χ1n) is 9.02. The van der Waals surface area contributed by atoms with Crippen LogP contribution in [0, 0.1) is 17.3 Å². The number of aliphatic imine (C=N–C) groups is 1. The molecular formula is C17H28F3N3O. The molecule has 0 amide bonds. The monoisotopic (exact) mass is 347 g/mol. The molecule has 7 heteroatoms. The van der Waals surface area contributed by atoms with Crippen LogP contribution in [0.5, 0.6) is 0 Å². The molecule has 2 heterocycles. The number of halogens is 3. The number of nitrogens with zero attached hydrogens (tertiary/aromatic N) is 2. The number of ether oxygens (including phenoxy) is 1. The minimum absolute atomic E-state index is 0.263. The van der Waals surface area contributed by atoms with Gasteiger partial charge in [-0.15, -0.1) is 0 Å². The molecule has 2 saturated heterocycles. The summed E-state index contributed by atoms with van der Waals surface area (Å²) < 4.78 is 43.8. The predicted molar refractivity (Wildman–Crippen MR) is 86.9 cm³/mol. The molecular weight excluding hydrogens is 319 g/mol. The van der Waals surface area contributed by atoms with Crippen molar-refractivity contribution in [2.45, 2.75) is 44.7 Å². The third kappa shape index (κ3) is 3.98. The Morgan fingerprint density at radius 1 is 1.25 bits per heavy atom. The Balaban J connectivity index is 1.44. The third-order valence-corrected chi connectivity index (χ3v) is 5.99. The Morgan fingerprint density at radius 2 is 2.00 bits per heavy atom. The van der Waals surface area contributed by atoms with Crippen LogP contribution < -0.4 is 5.32 Å². The smallest absolute Gasteiger partial charge is 0.381 e. The maximum absolute atomic E-state index is 12.7. The Morgan fingerprint density at radius 3 is 2.58 bits per heavy atom. The number of nitrogens with one attached hydrogen (secondary N) is 1. The molecule has 24 heavy (non-hydrogen) atoms. The first-order chi connectivity index (χ1) is 11.4.